The van der Waals surface area contributed by atoms with Crippen LogP contribution in [0, 0.1) is 6.92 Å². The summed E-state index contributed by atoms with van der Waals surface area (Å²) in [5, 5.41) is 15.8. The molecule has 4 rings (SSSR count). The van der Waals surface area contributed by atoms with Gasteiger partial charge in [0.1, 0.15) is 5.76 Å². The maximum Gasteiger partial charge on any atom is 0.279 e. The number of carbonyl (C=O) groups is 1. The van der Waals surface area contributed by atoms with Gasteiger partial charge >= 0.3 is 0 Å². The van der Waals surface area contributed by atoms with Crippen LogP contribution < -0.4 is 5.32 Å². The van der Waals surface area contributed by atoms with Crippen molar-refractivity contribution in [1.82, 2.24) is 24.7 Å². The van der Waals surface area contributed by atoms with Crippen LogP contribution in [0.2, 0.25) is 5.02 Å². The Labute approximate surface area is 193 Å². The predicted molar refractivity (Wildman–Crippen MR) is 119 cm³/mol. The average Bonchev–Trinajstić information content (AvgIpc) is 3.38. The molecule has 0 unspecified atom stereocenters. The van der Waals surface area contributed by atoms with Crippen LogP contribution in [-0.4, -0.2) is 30.6 Å². The number of anilines is 1. The standard InChI is InChI=1S/C19H15Br2ClN6O2/c1-11-15(9-27-8-14(22)6-23-27)17(26-30-11)19(29)24-18-16(21)10-28(25-18)7-12-2-4-13(20)5-3-12/h2-6,8,10H,7,9H2,1H3,(H,24,25,29). The molecule has 154 valence electrons. The maximum absolute atomic E-state index is 12.8. The molecule has 3 aromatic heterocycles. The molecule has 1 aromatic carbocycles. The lowest BCUT2D eigenvalue weighted by atomic mass is 10.2. The van der Waals surface area contributed by atoms with Crippen molar-refractivity contribution < 1.29 is 9.32 Å². The van der Waals surface area contributed by atoms with Crippen molar-refractivity contribution in [3.05, 3.63) is 79.4 Å². The van der Waals surface area contributed by atoms with E-state index >= 15 is 0 Å². The largest absolute Gasteiger partial charge is 0.361 e. The highest BCUT2D eigenvalue weighted by Gasteiger charge is 2.22. The van der Waals surface area contributed by atoms with Crippen LogP contribution >= 0.6 is 43.5 Å². The number of aryl methyl sites for hydroxylation is 1. The van der Waals surface area contributed by atoms with Gasteiger partial charge in [0.05, 0.1) is 28.8 Å². The summed E-state index contributed by atoms with van der Waals surface area (Å²) in [4.78, 5) is 12.8. The molecule has 0 atom stereocenters. The second-order valence-electron chi connectivity index (χ2n) is 6.53. The van der Waals surface area contributed by atoms with Crippen LogP contribution in [0.4, 0.5) is 5.82 Å². The Balaban J connectivity index is 1.50. The number of carbonyl (C=O) groups excluding carboxylic acids is 1. The first-order chi connectivity index (χ1) is 14.4. The number of hydrogen-bond acceptors (Lipinski definition) is 5. The van der Waals surface area contributed by atoms with Crippen molar-refractivity contribution in [2.45, 2.75) is 20.0 Å². The van der Waals surface area contributed by atoms with Crippen molar-refractivity contribution in [3.8, 4) is 0 Å². The minimum atomic E-state index is -0.422. The summed E-state index contributed by atoms with van der Waals surface area (Å²) in [6.07, 6.45) is 4.99. The van der Waals surface area contributed by atoms with E-state index in [1.54, 1.807) is 28.7 Å². The summed E-state index contributed by atoms with van der Waals surface area (Å²) in [6, 6.07) is 7.95. The fourth-order valence-corrected chi connectivity index (χ4v) is 3.68. The summed E-state index contributed by atoms with van der Waals surface area (Å²) in [6.45, 7) is 2.62. The third-order valence-corrected chi connectivity index (χ3v) is 5.63. The lowest BCUT2D eigenvalue weighted by molar-refractivity contribution is 0.101. The number of nitrogens with zero attached hydrogens (tertiary/aromatic N) is 5. The number of nitrogens with one attached hydrogen (secondary N) is 1. The quantitative estimate of drug-likeness (QED) is 0.366. The summed E-state index contributed by atoms with van der Waals surface area (Å²) < 4.78 is 10.3. The van der Waals surface area contributed by atoms with Crippen LogP contribution in [0.3, 0.4) is 0 Å². The molecule has 11 heteroatoms. The molecule has 0 bridgehead atoms. The smallest absolute Gasteiger partial charge is 0.279 e. The topological polar surface area (TPSA) is 90.8 Å². The van der Waals surface area contributed by atoms with E-state index in [1.165, 1.54) is 6.20 Å². The lowest BCUT2D eigenvalue weighted by Gasteiger charge is -2.04. The molecule has 0 saturated heterocycles. The Hall–Kier alpha value is -2.43. The minimum absolute atomic E-state index is 0.175. The summed E-state index contributed by atoms with van der Waals surface area (Å²) >= 11 is 12.8. The maximum atomic E-state index is 12.8. The summed E-state index contributed by atoms with van der Waals surface area (Å²) in [5.41, 5.74) is 1.88. The van der Waals surface area contributed by atoms with Crippen molar-refractivity contribution in [1.29, 1.82) is 0 Å². The van der Waals surface area contributed by atoms with Crippen molar-refractivity contribution in [2.24, 2.45) is 0 Å². The first-order valence-corrected chi connectivity index (χ1v) is 10.8. The molecule has 1 amide bonds. The van der Waals surface area contributed by atoms with Crippen LogP contribution in [0.15, 0.2) is 56.3 Å². The minimum Gasteiger partial charge on any atom is -0.361 e. The van der Waals surface area contributed by atoms with Gasteiger partial charge in [0, 0.05) is 22.4 Å². The van der Waals surface area contributed by atoms with Gasteiger partial charge in [-0.1, -0.05) is 44.8 Å². The van der Waals surface area contributed by atoms with E-state index in [2.05, 4.69) is 52.5 Å². The Morgan fingerprint density at radius 1 is 1.17 bits per heavy atom. The summed E-state index contributed by atoms with van der Waals surface area (Å²) in [5.74, 6) is 0.507. The van der Waals surface area contributed by atoms with Crippen LogP contribution in [0.5, 0.6) is 0 Å². The second-order valence-corrected chi connectivity index (χ2v) is 8.73. The van der Waals surface area contributed by atoms with Crippen molar-refractivity contribution in [3.63, 3.8) is 0 Å². The fourth-order valence-electron chi connectivity index (χ4n) is 2.85. The van der Waals surface area contributed by atoms with Gasteiger partial charge in [-0.2, -0.15) is 10.2 Å². The molecule has 0 aliphatic rings. The van der Waals surface area contributed by atoms with Crippen molar-refractivity contribution >= 4 is 55.2 Å². The Morgan fingerprint density at radius 2 is 1.93 bits per heavy atom. The van der Waals surface area contributed by atoms with E-state index in [9.17, 15) is 4.79 Å². The highest BCUT2D eigenvalue weighted by molar-refractivity contribution is 9.10. The third kappa shape index (κ3) is 4.66. The number of amides is 1. The van der Waals surface area contributed by atoms with Gasteiger partial charge in [0.15, 0.2) is 11.5 Å². The highest BCUT2D eigenvalue weighted by Crippen LogP contribution is 2.23. The van der Waals surface area contributed by atoms with Gasteiger partial charge in [0.25, 0.3) is 5.91 Å². The lowest BCUT2D eigenvalue weighted by Crippen LogP contribution is -2.17. The van der Waals surface area contributed by atoms with Crippen LogP contribution in [0.25, 0.3) is 0 Å². The zero-order valence-electron chi connectivity index (χ0n) is 15.6. The first-order valence-electron chi connectivity index (χ1n) is 8.81. The molecule has 0 saturated carbocycles. The monoisotopic (exact) mass is 552 g/mol. The molecule has 3 heterocycles. The van der Waals surface area contributed by atoms with E-state index in [1.807, 2.05) is 24.3 Å². The van der Waals surface area contributed by atoms with Gasteiger partial charge in [-0.15, -0.1) is 0 Å². The Morgan fingerprint density at radius 3 is 2.63 bits per heavy atom. The van der Waals surface area contributed by atoms with Gasteiger partial charge < -0.3 is 9.84 Å². The zero-order valence-corrected chi connectivity index (χ0v) is 19.6. The van der Waals surface area contributed by atoms with E-state index in [4.69, 9.17) is 16.1 Å². The Kier molecular flexibility index (Phi) is 6.07. The third-order valence-electron chi connectivity index (χ3n) is 4.33. The molecule has 0 aliphatic heterocycles. The highest BCUT2D eigenvalue weighted by atomic mass is 79.9. The number of benzene rings is 1. The van der Waals surface area contributed by atoms with Crippen molar-refractivity contribution in [2.75, 3.05) is 5.32 Å². The van der Waals surface area contributed by atoms with Crippen LogP contribution in [-0.2, 0) is 13.1 Å². The second kappa shape index (κ2) is 8.75. The van der Waals surface area contributed by atoms with E-state index < -0.39 is 5.91 Å². The molecule has 0 spiro atoms. The van der Waals surface area contributed by atoms with Crippen LogP contribution in [0.1, 0.15) is 27.4 Å². The normalized spacial score (nSPS) is 11.1. The molecule has 8 nitrogen and oxygen atoms in total. The number of aromatic nitrogens is 5. The SMILES string of the molecule is Cc1onc(C(=O)Nc2nn(Cc3ccc(Br)cc3)cc2Br)c1Cn1cc(Cl)cn1. The first kappa shape index (κ1) is 20.8. The summed E-state index contributed by atoms with van der Waals surface area (Å²) in [7, 11) is 0. The van der Waals surface area contributed by atoms with Gasteiger partial charge in [-0.25, -0.2) is 0 Å². The number of halogens is 3. The van der Waals surface area contributed by atoms with E-state index in [0.717, 1.165) is 10.0 Å². The molecule has 0 fully saturated rings. The molecular weight excluding hydrogens is 540 g/mol. The van der Waals surface area contributed by atoms with E-state index in [0.29, 0.717) is 39.7 Å². The molecule has 1 N–H and O–H groups in total. The Bertz CT molecular complexity index is 1200. The molecule has 0 radical (unpaired) electrons. The molecule has 4 aromatic rings. The zero-order chi connectivity index (χ0) is 21.3. The number of rotatable bonds is 6. The fraction of sp³-hybridized carbons (Fsp3) is 0.158. The van der Waals surface area contributed by atoms with Gasteiger partial charge in [-0.05, 0) is 40.5 Å². The van der Waals surface area contributed by atoms with Gasteiger partial charge in [0.2, 0.25) is 0 Å². The average molecular weight is 555 g/mol. The molecule has 0 aliphatic carbocycles. The molecule has 30 heavy (non-hydrogen) atoms. The van der Waals surface area contributed by atoms with Gasteiger partial charge in [-0.3, -0.25) is 14.2 Å². The molecular formula is C19H15Br2ClN6O2. The predicted octanol–water partition coefficient (Wildman–Crippen LogP) is 4.90. The number of hydrogen-bond donors (Lipinski definition) is 1. The van der Waals surface area contributed by atoms with E-state index in [-0.39, 0.29) is 5.69 Å².